The number of anilines is 1. The van der Waals surface area contributed by atoms with Gasteiger partial charge in [-0.25, -0.2) is 4.98 Å². The van der Waals surface area contributed by atoms with E-state index in [1.54, 1.807) is 12.1 Å². The Bertz CT molecular complexity index is 1580. The smallest absolute Gasteiger partial charge is 0.270 e. The van der Waals surface area contributed by atoms with E-state index in [-0.39, 0.29) is 10.6 Å². The Labute approximate surface area is 177 Å². The Morgan fingerprint density at radius 3 is 2.52 bits per heavy atom. The van der Waals surface area contributed by atoms with Gasteiger partial charge in [0, 0.05) is 46.3 Å². The van der Waals surface area contributed by atoms with Crippen molar-refractivity contribution in [2.45, 2.75) is 6.92 Å². The first-order chi connectivity index (χ1) is 15.1. The van der Waals surface area contributed by atoms with E-state index in [1.807, 2.05) is 36.4 Å². The van der Waals surface area contributed by atoms with Gasteiger partial charge in [0.05, 0.1) is 16.0 Å². The maximum Gasteiger partial charge on any atom is 0.270 e. The summed E-state index contributed by atoms with van der Waals surface area (Å²) in [5, 5.41) is 18.7. The highest BCUT2D eigenvalue weighted by atomic mass is 16.6. The van der Waals surface area contributed by atoms with Crippen LogP contribution in [0.25, 0.3) is 38.2 Å². The van der Waals surface area contributed by atoms with Gasteiger partial charge in [-0.05, 0) is 35.4 Å². The van der Waals surface area contributed by atoms with Crippen LogP contribution in [-0.4, -0.2) is 21.4 Å². The molecule has 0 spiro atoms. The Morgan fingerprint density at radius 1 is 0.935 bits per heavy atom. The van der Waals surface area contributed by atoms with Gasteiger partial charge in [0.2, 0.25) is 0 Å². The number of nitro benzene ring substituents is 1. The van der Waals surface area contributed by atoms with Gasteiger partial charge in [-0.15, -0.1) is 0 Å². The number of aromatic nitrogens is 2. The van der Waals surface area contributed by atoms with Gasteiger partial charge in [-0.1, -0.05) is 42.5 Å². The SMILES string of the molecule is CC1=C(c2nc3c4cc([N+](=O)[O-])ccc4c4ccccc4c3[nH]2)c2ccccc2NC1. The van der Waals surface area contributed by atoms with Crippen LogP contribution < -0.4 is 5.32 Å². The minimum atomic E-state index is -0.357. The highest BCUT2D eigenvalue weighted by Crippen LogP contribution is 2.39. The fourth-order valence-electron chi connectivity index (χ4n) is 4.63. The predicted molar refractivity (Wildman–Crippen MR) is 124 cm³/mol. The Kier molecular flexibility index (Phi) is 3.65. The molecule has 0 fully saturated rings. The molecule has 31 heavy (non-hydrogen) atoms. The number of hydrogen-bond donors (Lipinski definition) is 2. The van der Waals surface area contributed by atoms with E-state index >= 15 is 0 Å². The highest BCUT2D eigenvalue weighted by Gasteiger charge is 2.22. The third-order valence-electron chi connectivity index (χ3n) is 6.06. The molecule has 150 valence electrons. The van der Waals surface area contributed by atoms with E-state index in [4.69, 9.17) is 4.98 Å². The van der Waals surface area contributed by atoms with E-state index in [9.17, 15) is 10.1 Å². The first-order valence-electron chi connectivity index (χ1n) is 10.1. The lowest BCUT2D eigenvalue weighted by atomic mass is 9.95. The molecule has 6 nitrogen and oxygen atoms in total. The van der Waals surface area contributed by atoms with E-state index < -0.39 is 0 Å². The summed E-state index contributed by atoms with van der Waals surface area (Å²) in [6.07, 6.45) is 0. The van der Waals surface area contributed by atoms with Gasteiger partial charge < -0.3 is 10.3 Å². The van der Waals surface area contributed by atoms with Crippen molar-refractivity contribution in [3.8, 4) is 0 Å². The lowest BCUT2D eigenvalue weighted by Crippen LogP contribution is -2.13. The molecule has 0 radical (unpaired) electrons. The predicted octanol–water partition coefficient (Wildman–Crippen LogP) is 6.02. The van der Waals surface area contributed by atoms with Gasteiger partial charge in [0.1, 0.15) is 5.82 Å². The fourth-order valence-corrected chi connectivity index (χ4v) is 4.63. The van der Waals surface area contributed by atoms with Gasteiger partial charge in [0.15, 0.2) is 0 Å². The fraction of sp³-hybridized carbons (Fsp3) is 0.0800. The first kappa shape index (κ1) is 17.7. The summed E-state index contributed by atoms with van der Waals surface area (Å²) in [7, 11) is 0. The molecule has 0 unspecified atom stereocenters. The van der Waals surface area contributed by atoms with Crippen molar-refractivity contribution < 1.29 is 4.92 Å². The van der Waals surface area contributed by atoms with E-state index in [1.165, 1.54) is 5.57 Å². The molecule has 1 aliphatic heterocycles. The molecule has 5 aromatic rings. The average molecular weight is 406 g/mol. The van der Waals surface area contributed by atoms with Crippen molar-refractivity contribution >= 4 is 49.5 Å². The molecule has 1 aliphatic rings. The zero-order valence-electron chi connectivity index (χ0n) is 16.8. The second kappa shape index (κ2) is 6.40. The summed E-state index contributed by atoms with van der Waals surface area (Å²) in [5.74, 6) is 0.783. The topological polar surface area (TPSA) is 83.8 Å². The number of nitrogens with one attached hydrogen (secondary N) is 2. The molecular formula is C25H18N4O2. The second-order valence-corrected chi connectivity index (χ2v) is 7.90. The highest BCUT2D eigenvalue weighted by molar-refractivity contribution is 6.23. The van der Waals surface area contributed by atoms with Crippen LogP contribution in [0.5, 0.6) is 0 Å². The molecule has 0 atom stereocenters. The minimum Gasteiger partial charge on any atom is -0.381 e. The molecule has 2 N–H and O–H groups in total. The third-order valence-corrected chi connectivity index (χ3v) is 6.06. The van der Waals surface area contributed by atoms with Crippen LogP contribution in [0.1, 0.15) is 18.3 Å². The summed E-state index contributed by atoms with van der Waals surface area (Å²) in [5.41, 5.74) is 6.17. The van der Waals surface area contributed by atoms with E-state index in [0.29, 0.717) is 0 Å². The average Bonchev–Trinajstić information content (AvgIpc) is 3.24. The van der Waals surface area contributed by atoms with Crippen molar-refractivity contribution in [1.29, 1.82) is 0 Å². The number of nitro groups is 1. The van der Waals surface area contributed by atoms with Crippen LogP contribution in [0.4, 0.5) is 11.4 Å². The molecule has 0 saturated heterocycles. The van der Waals surface area contributed by atoms with Gasteiger partial charge in [-0.2, -0.15) is 0 Å². The molecule has 1 aromatic heterocycles. The minimum absolute atomic E-state index is 0.0660. The number of benzene rings is 4. The number of imidazole rings is 1. The Hall–Kier alpha value is -4.19. The van der Waals surface area contributed by atoms with Gasteiger partial charge in [0.25, 0.3) is 5.69 Å². The molecule has 0 aliphatic carbocycles. The maximum absolute atomic E-state index is 11.4. The molecule has 0 bridgehead atoms. The van der Waals surface area contributed by atoms with Crippen LogP contribution in [0.2, 0.25) is 0 Å². The third kappa shape index (κ3) is 2.55. The van der Waals surface area contributed by atoms with E-state index in [2.05, 4.69) is 35.4 Å². The number of non-ortho nitro benzene ring substituents is 1. The van der Waals surface area contributed by atoms with Gasteiger partial charge >= 0.3 is 0 Å². The van der Waals surface area contributed by atoms with Crippen molar-refractivity contribution in [3.63, 3.8) is 0 Å². The quantitative estimate of drug-likeness (QED) is 0.213. The van der Waals surface area contributed by atoms with E-state index in [0.717, 1.165) is 61.8 Å². The van der Waals surface area contributed by atoms with Gasteiger partial charge in [-0.3, -0.25) is 10.1 Å². The maximum atomic E-state index is 11.4. The lowest BCUT2D eigenvalue weighted by molar-refractivity contribution is -0.384. The van der Waals surface area contributed by atoms with Crippen molar-refractivity contribution in [1.82, 2.24) is 9.97 Å². The largest absolute Gasteiger partial charge is 0.381 e. The number of H-pyrrole nitrogens is 1. The zero-order chi connectivity index (χ0) is 21.1. The molecule has 4 aromatic carbocycles. The van der Waals surface area contributed by atoms with Crippen molar-refractivity contribution in [2.75, 3.05) is 11.9 Å². The lowest BCUT2D eigenvalue weighted by Gasteiger charge is -2.21. The summed E-state index contributed by atoms with van der Waals surface area (Å²) in [6.45, 7) is 2.85. The number of rotatable bonds is 2. The normalized spacial score (nSPS) is 13.6. The number of para-hydroxylation sites is 1. The zero-order valence-corrected chi connectivity index (χ0v) is 16.8. The van der Waals surface area contributed by atoms with Crippen LogP contribution in [0, 0.1) is 10.1 Å². The second-order valence-electron chi connectivity index (χ2n) is 7.90. The summed E-state index contributed by atoms with van der Waals surface area (Å²) in [4.78, 5) is 19.6. The van der Waals surface area contributed by atoms with Crippen molar-refractivity contribution in [2.24, 2.45) is 0 Å². The summed E-state index contributed by atoms with van der Waals surface area (Å²) < 4.78 is 0. The summed E-state index contributed by atoms with van der Waals surface area (Å²) >= 11 is 0. The molecular weight excluding hydrogens is 388 g/mol. The molecule has 2 heterocycles. The van der Waals surface area contributed by atoms with Crippen molar-refractivity contribution in [3.05, 3.63) is 93.8 Å². The first-order valence-corrected chi connectivity index (χ1v) is 10.1. The van der Waals surface area contributed by atoms with Crippen LogP contribution in [0.15, 0.2) is 72.3 Å². The molecule has 0 saturated carbocycles. The number of nitrogens with zero attached hydrogens (tertiary/aromatic N) is 2. The van der Waals surface area contributed by atoms with Crippen LogP contribution in [0.3, 0.4) is 0 Å². The Balaban J connectivity index is 1.73. The number of hydrogen-bond acceptors (Lipinski definition) is 4. The molecule has 0 amide bonds. The Morgan fingerprint density at radius 2 is 1.68 bits per heavy atom. The number of aromatic amines is 1. The van der Waals surface area contributed by atoms with Crippen LogP contribution in [-0.2, 0) is 0 Å². The monoisotopic (exact) mass is 406 g/mol. The van der Waals surface area contributed by atoms with Crippen LogP contribution >= 0.6 is 0 Å². The molecule has 6 rings (SSSR count). The number of fused-ring (bicyclic) bond motifs is 7. The standard InChI is InChI=1S/C25H18N4O2/c1-14-13-26-21-9-5-4-8-19(21)22(14)25-27-23-18-7-3-2-6-16(18)17-11-10-15(29(30)31)12-20(17)24(23)28-25/h2-12,26H,13H2,1H3,(H,27,28). The summed E-state index contributed by atoms with van der Waals surface area (Å²) in [6, 6.07) is 21.3. The molecule has 6 heteroatoms.